The van der Waals surface area contributed by atoms with Crippen LogP contribution in [0.1, 0.15) is 18.6 Å². The molecule has 0 saturated heterocycles. The van der Waals surface area contributed by atoms with E-state index in [1.807, 2.05) is 0 Å². The van der Waals surface area contributed by atoms with E-state index in [0.717, 1.165) is 23.7 Å². The maximum atomic E-state index is 11.8. The highest BCUT2D eigenvalue weighted by Crippen LogP contribution is 2.16. The third-order valence-corrected chi connectivity index (χ3v) is 4.17. The molecule has 0 spiro atoms. The summed E-state index contributed by atoms with van der Waals surface area (Å²) in [6, 6.07) is 3.15. The van der Waals surface area contributed by atoms with Crippen LogP contribution in [-0.4, -0.2) is 39.9 Å². The molecule has 6 nitrogen and oxygen atoms in total. The van der Waals surface area contributed by atoms with Crippen LogP contribution in [0.15, 0.2) is 21.6 Å². The van der Waals surface area contributed by atoms with Crippen molar-refractivity contribution in [3.05, 3.63) is 17.9 Å². The molecule has 104 valence electrons. The second-order valence-electron chi connectivity index (χ2n) is 4.18. The second-order valence-corrected chi connectivity index (χ2v) is 6.26. The summed E-state index contributed by atoms with van der Waals surface area (Å²) in [5.41, 5.74) is 5.38. The maximum Gasteiger partial charge on any atom is 0.275 e. The zero-order valence-corrected chi connectivity index (χ0v) is 11.7. The molecule has 0 unspecified atom stereocenters. The minimum Gasteiger partial charge on any atom is -0.447 e. The van der Waals surface area contributed by atoms with Crippen molar-refractivity contribution in [2.75, 3.05) is 27.2 Å². The number of unbranched alkanes of at least 4 members (excludes halogenated alkanes) is 1. The Morgan fingerprint density at radius 3 is 2.67 bits per heavy atom. The van der Waals surface area contributed by atoms with E-state index < -0.39 is 10.0 Å². The molecule has 0 atom stereocenters. The van der Waals surface area contributed by atoms with E-state index in [4.69, 9.17) is 10.2 Å². The van der Waals surface area contributed by atoms with Crippen molar-refractivity contribution in [3.63, 3.8) is 0 Å². The van der Waals surface area contributed by atoms with Crippen LogP contribution in [0.3, 0.4) is 0 Å². The zero-order valence-electron chi connectivity index (χ0n) is 10.8. The summed E-state index contributed by atoms with van der Waals surface area (Å²) >= 11 is 0. The summed E-state index contributed by atoms with van der Waals surface area (Å²) in [4.78, 5) is 0. The Morgan fingerprint density at radius 1 is 1.33 bits per heavy atom. The van der Waals surface area contributed by atoms with Gasteiger partial charge in [-0.05, 0) is 38.1 Å². The fraction of sp³-hybridized carbons (Fsp3) is 0.636. The van der Waals surface area contributed by atoms with Gasteiger partial charge in [-0.1, -0.05) is 0 Å². The van der Waals surface area contributed by atoms with Crippen molar-refractivity contribution in [2.45, 2.75) is 24.5 Å². The first-order valence-corrected chi connectivity index (χ1v) is 7.34. The fourth-order valence-corrected chi connectivity index (χ4v) is 2.19. The Hall–Kier alpha value is -0.890. The van der Waals surface area contributed by atoms with E-state index in [-0.39, 0.29) is 5.09 Å². The van der Waals surface area contributed by atoms with Crippen molar-refractivity contribution in [1.82, 2.24) is 9.62 Å². The molecule has 7 heteroatoms. The minimum atomic E-state index is -3.47. The number of hydrogen-bond donors (Lipinski definition) is 2. The van der Waals surface area contributed by atoms with Crippen molar-refractivity contribution >= 4 is 10.0 Å². The Labute approximate surface area is 108 Å². The fourth-order valence-electron chi connectivity index (χ4n) is 1.38. The third kappa shape index (κ3) is 4.09. The topological polar surface area (TPSA) is 88.6 Å². The Morgan fingerprint density at radius 2 is 2.06 bits per heavy atom. The van der Waals surface area contributed by atoms with Crippen LogP contribution in [-0.2, 0) is 16.6 Å². The first-order chi connectivity index (χ1) is 8.48. The number of sulfonamides is 1. The number of furan rings is 1. The smallest absolute Gasteiger partial charge is 0.275 e. The maximum absolute atomic E-state index is 11.8. The van der Waals surface area contributed by atoms with Gasteiger partial charge >= 0.3 is 0 Å². The van der Waals surface area contributed by atoms with Crippen LogP contribution in [0.25, 0.3) is 0 Å². The lowest BCUT2D eigenvalue weighted by Crippen LogP contribution is -2.21. The Kier molecular flexibility index (Phi) is 5.80. The van der Waals surface area contributed by atoms with E-state index in [2.05, 4.69) is 5.32 Å². The average Bonchev–Trinajstić information content (AvgIpc) is 2.78. The molecule has 18 heavy (non-hydrogen) atoms. The van der Waals surface area contributed by atoms with E-state index in [1.165, 1.54) is 20.2 Å². The summed E-state index contributed by atoms with van der Waals surface area (Å²) < 4.78 is 29.9. The summed E-state index contributed by atoms with van der Waals surface area (Å²) in [7, 11) is -0.523. The summed E-state index contributed by atoms with van der Waals surface area (Å²) in [5.74, 6) is 0.614. The third-order valence-electron chi connectivity index (χ3n) is 2.48. The van der Waals surface area contributed by atoms with Gasteiger partial charge in [0.05, 0.1) is 6.54 Å². The number of nitrogens with one attached hydrogen (secondary N) is 1. The van der Waals surface area contributed by atoms with Crippen molar-refractivity contribution < 1.29 is 12.8 Å². The number of nitrogens with zero attached hydrogens (tertiary/aromatic N) is 1. The first kappa shape index (κ1) is 15.2. The van der Waals surface area contributed by atoms with Crippen LogP contribution < -0.4 is 11.1 Å². The largest absolute Gasteiger partial charge is 0.447 e. The molecule has 1 aromatic rings. The lowest BCUT2D eigenvalue weighted by atomic mass is 10.3. The van der Waals surface area contributed by atoms with Crippen molar-refractivity contribution in [3.8, 4) is 0 Å². The molecule has 0 bridgehead atoms. The lowest BCUT2D eigenvalue weighted by molar-refractivity contribution is 0.388. The predicted molar refractivity (Wildman–Crippen MR) is 69.6 cm³/mol. The SMILES string of the molecule is CN(C)S(=O)(=O)c1ccc(CNCCCCN)o1. The number of hydrogen-bond acceptors (Lipinski definition) is 5. The van der Waals surface area contributed by atoms with Gasteiger partial charge in [-0.2, -0.15) is 0 Å². The number of rotatable bonds is 8. The van der Waals surface area contributed by atoms with Gasteiger partial charge in [0.25, 0.3) is 10.0 Å². The molecule has 0 aliphatic heterocycles. The highest BCUT2D eigenvalue weighted by molar-refractivity contribution is 7.88. The molecule has 1 rings (SSSR count). The van der Waals surface area contributed by atoms with Gasteiger partial charge < -0.3 is 15.5 Å². The second kappa shape index (κ2) is 6.89. The molecule has 1 heterocycles. The molecule has 0 radical (unpaired) electrons. The summed E-state index contributed by atoms with van der Waals surface area (Å²) in [6.07, 6.45) is 1.98. The average molecular weight is 275 g/mol. The van der Waals surface area contributed by atoms with E-state index in [0.29, 0.717) is 18.8 Å². The molecular formula is C11H21N3O3S. The van der Waals surface area contributed by atoms with Crippen LogP contribution in [0.2, 0.25) is 0 Å². The van der Waals surface area contributed by atoms with Gasteiger partial charge in [0.2, 0.25) is 5.09 Å². The van der Waals surface area contributed by atoms with Crippen molar-refractivity contribution in [1.29, 1.82) is 0 Å². The normalized spacial score (nSPS) is 12.2. The van der Waals surface area contributed by atoms with Crippen LogP contribution in [0.4, 0.5) is 0 Å². The minimum absolute atomic E-state index is 0.0220. The van der Waals surface area contributed by atoms with E-state index in [1.54, 1.807) is 6.07 Å². The van der Waals surface area contributed by atoms with Gasteiger partial charge in [-0.25, -0.2) is 12.7 Å². The highest BCUT2D eigenvalue weighted by atomic mass is 32.2. The molecule has 0 aliphatic rings. The predicted octanol–water partition coefficient (Wildman–Crippen LogP) is 0.358. The zero-order chi connectivity index (χ0) is 13.6. The van der Waals surface area contributed by atoms with Crippen LogP contribution in [0.5, 0.6) is 0 Å². The molecule has 0 amide bonds. The summed E-state index contributed by atoms with van der Waals surface area (Å²) in [6.45, 7) is 2.05. The Balaban J connectivity index is 2.49. The van der Waals surface area contributed by atoms with Gasteiger partial charge in [0.1, 0.15) is 5.76 Å². The molecular weight excluding hydrogens is 254 g/mol. The molecule has 1 aromatic heterocycles. The van der Waals surface area contributed by atoms with Gasteiger partial charge in [0.15, 0.2) is 0 Å². The molecule has 0 fully saturated rings. The van der Waals surface area contributed by atoms with Gasteiger partial charge in [-0.15, -0.1) is 0 Å². The molecule has 3 N–H and O–H groups in total. The highest BCUT2D eigenvalue weighted by Gasteiger charge is 2.21. The van der Waals surface area contributed by atoms with Crippen LogP contribution >= 0.6 is 0 Å². The molecule has 0 aromatic carbocycles. The van der Waals surface area contributed by atoms with E-state index >= 15 is 0 Å². The molecule has 0 saturated carbocycles. The molecule has 0 aliphatic carbocycles. The van der Waals surface area contributed by atoms with Gasteiger partial charge in [-0.3, -0.25) is 0 Å². The lowest BCUT2D eigenvalue weighted by Gasteiger charge is -2.07. The van der Waals surface area contributed by atoms with Crippen LogP contribution in [0, 0.1) is 0 Å². The quantitative estimate of drug-likeness (QED) is 0.669. The first-order valence-electron chi connectivity index (χ1n) is 5.90. The van der Waals surface area contributed by atoms with E-state index in [9.17, 15) is 8.42 Å². The summed E-state index contributed by atoms with van der Waals surface area (Å²) in [5, 5.41) is 3.15. The number of nitrogens with two attached hydrogens (primary N) is 1. The Bertz CT molecular complexity index is 454. The van der Waals surface area contributed by atoms with Gasteiger partial charge in [0, 0.05) is 14.1 Å². The van der Waals surface area contributed by atoms with Crippen molar-refractivity contribution in [2.24, 2.45) is 5.73 Å². The standard InChI is InChI=1S/C11H21N3O3S/c1-14(2)18(15,16)11-6-5-10(17-11)9-13-8-4-3-7-12/h5-6,13H,3-4,7-9,12H2,1-2H3. The monoisotopic (exact) mass is 275 g/mol.